The minimum atomic E-state index is -0.536. The van der Waals surface area contributed by atoms with Crippen LogP contribution in [0.3, 0.4) is 0 Å². The Morgan fingerprint density at radius 3 is 2.65 bits per heavy atom. The summed E-state index contributed by atoms with van der Waals surface area (Å²) in [5.74, 6) is -0.859. The number of hydrogen-bond acceptors (Lipinski definition) is 3. The second kappa shape index (κ2) is 9.06. The molecular weight excluding hydrogens is 421 g/mol. The highest BCUT2D eigenvalue weighted by Gasteiger charge is 2.46. The third kappa shape index (κ3) is 4.56. The molecule has 2 aromatic carbocycles. The lowest BCUT2D eigenvalue weighted by molar-refractivity contribution is -0.128. The lowest BCUT2D eigenvalue weighted by Crippen LogP contribution is -2.39. The first-order chi connectivity index (χ1) is 14.9. The molecule has 4 amide bonds. The third-order valence-corrected chi connectivity index (χ3v) is 6.05. The number of carbonyl (C=O) groups excluding carboxylic acids is 3. The van der Waals surface area contributed by atoms with E-state index in [0.717, 1.165) is 11.1 Å². The maximum Gasteiger partial charge on any atom is 0.327 e. The molecule has 1 N–H and O–H groups in total. The minimum absolute atomic E-state index is 0.0443. The number of nitrogens with zero attached hydrogens (tertiary/aromatic N) is 2. The number of benzene rings is 2. The first-order valence-electron chi connectivity index (χ1n) is 10.4. The topological polar surface area (TPSA) is 69.7 Å². The van der Waals surface area contributed by atoms with Gasteiger partial charge < -0.3 is 10.2 Å². The SMILES string of the molecule is O=C(CCCCCN1C(=O)C2Cc3ccccc3CN2C1=O)Nc1ccc(F)c(Cl)c1. The minimum Gasteiger partial charge on any atom is -0.326 e. The number of hydrogen-bond donors (Lipinski definition) is 1. The lowest BCUT2D eigenvalue weighted by atomic mass is 9.95. The molecule has 2 heterocycles. The van der Waals surface area contributed by atoms with Crippen molar-refractivity contribution >= 4 is 35.1 Å². The number of unbranched alkanes of at least 4 members (excludes halogenated alkanes) is 2. The molecule has 1 atom stereocenters. The zero-order valence-electron chi connectivity index (χ0n) is 16.9. The molecule has 2 aromatic rings. The fourth-order valence-electron chi connectivity index (χ4n) is 4.11. The Morgan fingerprint density at radius 2 is 1.87 bits per heavy atom. The number of halogens is 2. The Morgan fingerprint density at radius 1 is 1.10 bits per heavy atom. The van der Waals surface area contributed by atoms with Crippen molar-refractivity contribution in [3.05, 3.63) is 64.4 Å². The van der Waals surface area contributed by atoms with Crippen molar-refractivity contribution in [1.29, 1.82) is 0 Å². The van der Waals surface area contributed by atoms with Gasteiger partial charge in [-0.15, -0.1) is 0 Å². The van der Waals surface area contributed by atoms with Crippen LogP contribution < -0.4 is 5.32 Å². The van der Waals surface area contributed by atoms with Gasteiger partial charge in [-0.05, 0) is 42.2 Å². The normalized spacial score (nSPS) is 17.5. The molecule has 1 saturated heterocycles. The second-order valence-electron chi connectivity index (χ2n) is 7.88. The number of nitrogens with one attached hydrogen (secondary N) is 1. The first-order valence-corrected chi connectivity index (χ1v) is 10.8. The summed E-state index contributed by atoms with van der Waals surface area (Å²) in [7, 11) is 0. The van der Waals surface area contributed by atoms with Gasteiger partial charge in [0.15, 0.2) is 0 Å². The smallest absolute Gasteiger partial charge is 0.326 e. The van der Waals surface area contributed by atoms with Gasteiger partial charge in [0.2, 0.25) is 5.91 Å². The summed E-state index contributed by atoms with van der Waals surface area (Å²) >= 11 is 5.71. The molecular formula is C23H23ClFN3O3. The van der Waals surface area contributed by atoms with Gasteiger partial charge in [-0.2, -0.15) is 0 Å². The molecule has 4 rings (SSSR count). The van der Waals surface area contributed by atoms with E-state index in [1.165, 1.54) is 23.1 Å². The monoisotopic (exact) mass is 443 g/mol. The van der Waals surface area contributed by atoms with E-state index in [-0.39, 0.29) is 22.9 Å². The number of rotatable bonds is 7. The summed E-state index contributed by atoms with van der Waals surface area (Å²) in [6, 6.07) is 11.3. The summed E-state index contributed by atoms with van der Waals surface area (Å²) in [5.41, 5.74) is 2.66. The highest BCUT2D eigenvalue weighted by Crippen LogP contribution is 2.30. The highest BCUT2D eigenvalue weighted by atomic mass is 35.5. The number of imide groups is 1. The predicted molar refractivity (Wildman–Crippen MR) is 115 cm³/mol. The van der Waals surface area contributed by atoms with Gasteiger partial charge in [0, 0.05) is 31.6 Å². The first kappa shape index (κ1) is 21.3. The van der Waals surface area contributed by atoms with E-state index in [2.05, 4.69) is 5.32 Å². The maximum atomic E-state index is 13.2. The molecule has 0 radical (unpaired) electrons. The van der Waals surface area contributed by atoms with Gasteiger partial charge in [-0.3, -0.25) is 14.5 Å². The second-order valence-corrected chi connectivity index (χ2v) is 8.28. The summed E-state index contributed by atoms with van der Waals surface area (Å²) in [4.78, 5) is 40.5. The molecule has 1 unspecified atom stereocenters. The Kier molecular flexibility index (Phi) is 6.23. The molecule has 2 aliphatic heterocycles. The molecule has 162 valence electrons. The van der Waals surface area contributed by atoms with Crippen LogP contribution in [0.25, 0.3) is 0 Å². The summed E-state index contributed by atoms with van der Waals surface area (Å²) in [5, 5.41) is 2.64. The van der Waals surface area contributed by atoms with E-state index in [9.17, 15) is 18.8 Å². The van der Waals surface area contributed by atoms with Crippen LogP contribution in [0.5, 0.6) is 0 Å². The average molecular weight is 444 g/mol. The molecule has 0 aromatic heterocycles. The quantitative estimate of drug-likeness (QED) is 0.510. The molecule has 1 fully saturated rings. The fourth-order valence-corrected chi connectivity index (χ4v) is 4.29. The van der Waals surface area contributed by atoms with E-state index in [1.807, 2.05) is 24.3 Å². The van der Waals surface area contributed by atoms with Crippen LogP contribution >= 0.6 is 11.6 Å². The molecule has 8 heteroatoms. The van der Waals surface area contributed by atoms with Crippen molar-refractivity contribution in [2.45, 2.75) is 44.7 Å². The number of urea groups is 1. The van der Waals surface area contributed by atoms with Gasteiger partial charge in [-0.1, -0.05) is 42.3 Å². The van der Waals surface area contributed by atoms with Crippen LogP contribution in [0.2, 0.25) is 5.02 Å². The van der Waals surface area contributed by atoms with E-state index < -0.39 is 11.9 Å². The summed E-state index contributed by atoms with van der Waals surface area (Å²) < 4.78 is 13.2. The van der Waals surface area contributed by atoms with E-state index >= 15 is 0 Å². The van der Waals surface area contributed by atoms with E-state index in [0.29, 0.717) is 50.9 Å². The van der Waals surface area contributed by atoms with Gasteiger partial charge in [0.1, 0.15) is 11.9 Å². The van der Waals surface area contributed by atoms with Gasteiger partial charge >= 0.3 is 6.03 Å². The van der Waals surface area contributed by atoms with Gasteiger partial charge in [0.05, 0.1) is 5.02 Å². The van der Waals surface area contributed by atoms with Crippen molar-refractivity contribution in [2.75, 3.05) is 11.9 Å². The van der Waals surface area contributed by atoms with Crippen molar-refractivity contribution in [3.63, 3.8) is 0 Å². The number of fused-ring (bicyclic) bond motifs is 2. The molecule has 6 nitrogen and oxygen atoms in total. The number of amides is 4. The molecule has 0 saturated carbocycles. The Balaban J connectivity index is 1.21. The molecule has 0 bridgehead atoms. The standard InChI is InChI=1S/C23H23ClFN3O3/c24-18-13-17(9-10-19(18)25)26-21(29)8-2-1-5-11-27-22(30)20-12-15-6-3-4-7-16(15)14-28(20)23(27)31/h3-4,6-7,9-10,13,20H,1-2,5,8,11-12,14H2,(H,26,29). The highest BCUT2D eigenvalue weighted by molar-refractivity contribution is 6.31. The Hall–Kier alpha value is -2.93. The molecule has 2 aliphatic rings. The maximum absolute atomic E-state index is 13.2. The fraction of sp³-hybridized carbons (Fsp3) is 0.348. The van der Waals surface area contributed by atoms with Crippen molar-refractivity contribution < 1.29 is 18.8 Å². The van der Waals surface area contributed by atoms with Crippen molar-refractivity contribution in [2.24, 2.45) is 0 Å². The Labute approximate surface area is 185 Å². The predicted octanol–water partition coefficient (Wildman–Crippen LogP) is 4.37. The Bertz CT molecular complexity index is 986. The van der Waals surface area contributed by atoms with Crippen LogP contribution in [0.1, 0.15) is 36.8 Å². The largest absolute Gasteiger partial charge is 0.327 e. The zero-order valence-corrected chi connectivity index (χ0v) is 17.7. The van der Waals surface area contributed by atoms with Crippen LogP contribution in [0.4, 0.5) is 14.9 Å². The number of anilines is 1. The molecule has 0 aliphatic carbocycles. The van der Waals surface area contributed by atoms with Gasteiger partial charge in [-0.25, -0.2) is 9.18 Å². The van der Waals surface area contributed by atoms with Crippen LogP contribution in [-0.2, 0) is 22.6 Å². The lowest BCUT2D eigenvalue weighted by Gasteiger charge is -2.28. The summed E-state index contributed by atoms with van der Waals surface area (Å²) in [6.07, 6.45) is 2.82. The van der Waals surface area contributed by atoms with Crippen LogP contribution in [-0.4, -0.2) is 40.2 Å². The molecule has 0 spiro atoms. The average Bonchev–Trinajstić information content (AvgIpc) is 2.98. The van der Waals surface area contributed by atoms with Crippen LogP contribution in [0, 0.1) is 5.82 Å². The van der Waals surface area contributed by atoms with Crippen molar-refractivity contribution in [1.82, 2.24) is 9.80 Å². The van der Waals surface area contributed by atoms with E-state index in [1.54, 1.807) is 4.90 Å². The van der Waals surface area contributed by atoms with Crippen molar-refractivity contribution in [3.8, 4) is 0 Å². The molecule has 31 heavy (non-hydrogen) atoms. The number of carbonyl (C=O) groups is 3. The van der Waals surface area contributed by atoms with Gasteiger partial charge in [0.25, 0.3) is 5.91 Å². The third-order valence-electron chi connectivity index (χ3n) is 5.77. The summed E-state index contributed by atoms with van der Waals surface area (Å²) in [6.45, 7) is 0.825. The zero-order chi connectivity index (χ0) is 22.0. The van der Waals surface area contributed by atoms with E-state index in [4.69, 9.17) is 11.6 Å². The van der Waals surface area contributed by atoms with Crippen LogP contribution in [0.15, 0.2) is 42.5 Å².